The maximum Gasteiger partial charge on any atom is 0.267 e. The number of nitrogens with zero attached hydrogens (tertiary/aromatic N) is 3. The molecule has 3 heterocycles. The number of carbonyl (C=O) groups excluding carboxylic acids is 2. The Bertz CT molecular complexity index is 1100. The molecule has 0 radical (unpaired) electrons. The van der Waals surface area contributed by atoms with E-state index in [0.717, 1.165) is 24.9 Å². The number of piperidine rings is 1. The summed E-state index contributed by atoms with van der Waals surface area (Å²) in [4.78, 5) is 40.9. The molecule has 1 aromatic heterocycles. The molecule has 0 spiro atoms. The number of aromatic nitrogens is 2. The zero-order chi connectivity index (χ0) is 22.3. The fraction of sp³-hybridized carbons (Fsp3) is 0.478. The maximum absolute atomic E-state index is 14.6. The molecule has 2 saturated heterocycles. The van der Waals surface area contributed by atoms with Gasteiger partial charge in [0.25, 0.3) is 11.5 Å². The highest BCUT2D eigenvalue weighted by Crippen LogP contribution is 2.27. The molecular weight excluding hydrogens is 399 g/mol. The van der Waals surface area contributed by atoms with Crippen LogP contribution in [-0.4, -0.2) is 57.5 Å². The molecule has 0 saturated carbocycles. The van der Waals surface area contributed by atoms with Gasteiger partial charge in [0.05, 0.1) is 30.5 Å². The molecule has 0 bridgehead atoms. The summed E-state index contributed by atoms with van der Waals surface area (Å²) < 4.78 is 14.6. The number of halogens is 1. The number of hydrogen-bond acceptors (Lipinski definition) is 5. The van der Waals surface area contributed by atoms with Crippen LogP contribution in [0.25, 0.3) is 0 Å². The van der Waals surface area contributed by atoms with E-state index in [9.17, 15) is 18.8 Å². The molecule has 2 aromatic rings. The number of ketones is 1. The van der Waals surface area contributed by atoms with Crippen molar-refractivity contribution in [3.05, 3.63) is 62.3 Å². The van der Waals surface area contributed by atoms with Gasteiger partial charge in [-0.15, -0.1) is 0 Å². The highest BCUT2D eigenvalue weighted by atomic mass is 19.1. The first-order valence-electron chi connectivity index (χ1n) is 10.6. The van der Waals surface area contributed by atoms with Gasteiger partial charge < -0.3 is 4.90 Å². The van der Waals surface area contributed by atoms with E-state index in [1.54, 1.807) is 13.0 Å². The number of aromatic amines is 1. The molecule has 2 aliphatic rings. The average Bonchev–Trinajstić information content (AvgIpc) is 2.75. The molecule has 1 amide bonds. The molecule has 1 N–H and O–H groups in total. The van der Waals surface area contributed by atoms with Gasteiger partial charge in [-0.25, -0.2) is 9.49 Å². The quantitative estimate of drug-likeness (QED) is 0.813. The Morgan fingerprint density at radius 1 is 1.26 bits per heavy atom. The fourth-order valence-corrected chi connectivity index (χ4v) is 4.45. The number of benzene rings is 1. The Morgan fingerprint density at radius 2 is 2.03 bits per heavy atom. The minimum atomic E-state index is -0.613. The monoisotopic (exact) mass is 426 g/mol. The normalized spacial score (nSPS) is 21.8. The van der Waals surface area contributed by atoms with Gasteiger partial charge >= 0.3 is 0 Å². The van der Waals surface area contributed by atoms with Crippen molar-refractivity contribution < 1.29 is 14.0 Å². The molecular formula is C23H27FN4O3. The van der Waals surface area contributed by atoms with Gasteiger partial charge in [-0.05, 0) is 55.9 Å². The molecule has 1 aromatic carbocycles. The first-order valence-corrected chi connectivity index (χ1v) is 10.6. The lowest BCUT2D eigenvalue weighted by molar-refractivity contribution is -0.133. The number of H-pyrrole nitrogens is 1. The minimum Gasteiger partial charge on any atom is -0.318 e. The van der Waals surface area contributed by atoms with Crippen LogP contribution in [0.3, 0.4) is 0 Å². The number of hydrogen-bond donors (Lipinski definition) is 1. The molecule has 4 rings (SSSR count). The van der Waals surface area contributed by atoms with Crippen LogP contribution >= 0.6 is 0 Å². The van der Waals surface area contributed by atoms with E-state index < -0.39 is 11.7 Å². The molecule has 0 unspecified atom stereocenters. The molecule has 2 aliphatic heterocycles. The summed E-state index contributed by atoms with van der Waals surface area (Å²) in [7, 11) is 0. The Morgan fingerprint density at radius 3 is 2.81 bits per heavy atom. The summed E-state index contributed by atoms with van der Waals surface area (Å²) in [5, 5.41) is 6.57. The molecule has 2 fully saturated rings. The van der Waals surface area contributed by atoms with Crippen molar-refractivity contribution in [2.75, 3.05) is 19.8 Å². The van der Waals surface area contributed by atoms with Gasteiger partial charge in [0.15, 0.2) is 5.78 Å². The lowest BCUT2D eigenvalue weighted by atomic mass is 9.89. The zero-order valence-electron chi connectivity index (χ0n) is 18.1. The second-order valence-corrected chi connectivity index (χ2v) is 8.81. The lowest BCUT2D eigenvalue weighted by Gasteiger charge is -2.44. The van der Waals surface area contributed by atoms with Gasteiger partial charge in [0, 0.05) is 18.5 Å². The fourth-order valence-electron chi connectivity index (χ4n) is 4.45. The summed E-state index contributed by atoms with van der Waals surface area (Å²) >= 11 is 0. The maximum atomic E-state index is 14.6. The largest absolute Gasteiger partial charge is 0.318 e. The highest BCUT2D eigenvalue weighted by Gasteiger charge is 2.39. The number of carbonyl (C=O) groups is 2. The van der Waals surface area contributed by atoms with Gasteiger partial charge in [0.2, 0.25) is 0 Å². The molecule has 164 valence electrons. The van der Waals surface area contributed by atoms with Crippen molar-refractivity contribution in [2.45, 2.75) is 46.1 Å². The Balaban J connectivity index is 1.56. The summed E-state index contributed by atoms with van der Waals surface area (Å²) in [6, 6.07) is 4.26. The number of Topliss-reactive ketones (excluding diaryl/α,β-unsaturated/α-hetero) is 1. The van der Waals surface area contributed by atoms with E-state index >= 15 is 0 Å². The number of nitrogens with one attached hydrogen (secondary N) is 1. The van der Waals surface area contributed by atoms with Crippen LogP contribution in [0, 0.1) is 25.6 Å². The second kappa shape index (κ2) is 8.34. The minimum absolute atomic E-state index is 0.0101. The zero-order valence-corrected chi connectivity index (χ0v) is 18.1. The van der Waals surface area contributed by atoms with E-state index in [0.29, 0.717) is 35.8 Å². The van der Waals surface area contributed by atoms with E-state index in [1.807, 2.05) is 11.8 Å². The summed E-state index contributed by atoms with van der Waals surface area (Å²) in [5.74, 6) is -0.577. The van der Waals surface area contributed by atoms with Gasteiger partial charge in [-0.2, -0.15) is 5.10 Å². The van der Waals surface area contributed by atoms with E-state index in [1.165, 1.54) is 17.0 Å². The third-order valence-electron chi connectivity index (χ3n) is 6.59. The summed E-state index contributed by atoms with van der Waals surface area (Å²) in [6.45, 7) is 6.80. The Kier molecular flexibility index (Phi) is 5.75. The van der Waals surface area contributed by atoms with Crippen molar-refractivity contribution in [2.24, 2.45) is 5.92 Å². The third kappa shape index (κ3) is 4.17. The number of fused-ring (bicyclic) bond motifs is 1. The van der Waals surface area contributed by atoms with E-state index in [2.05, 4.69) is 17.1 Å². The first kappa shape index (κ1) is 21.4. The smallest absolute Gasteiger partial charge is 0.267 e. The van der Waals surface area contributed by atoms with Crippen molar-refractivity contribution in [3.8, 4) is 0 Å². The Labute approximate surface area is 180 Å². The van der Waals surface area contributed by atoms with Gasteiger partial charge in [-0.1, -0.05) is 13.0 Å². The van der Waals surface area contributed by atoms with Crippen LogP contribution in [0.2, 0.25) is 0 Å². The van der Waals surface area contributed by atoms with Crippen LogP contribution in [0.5, 0.6) is 0 Å². The van der Waals surface area contributed by atoms with Crippen LogP contribution < -0.4 is 5.56 Å². The number of rotatable bonds is 3. The Hall–Kier alpha value is -2.87. The van der Waals surface area contributed by atoms with E-state index in [-0.39, 0.29) is 29.5 Å². The van der Waals surface area contributed by atoms with Crippen molar-refractivity contribution in [1.82, 2.24) is 20.0 Å². The summed E-state index contributed by atoms with van der Waals surface area (Å²) in [5.41, 5.74) is 2.44. The topological polar surface area (TPSA) is 86.4 Å². The average molecular weight is 426 g/mol. The standard InChI is InChI=1S/C23H27FN4O3/c1-13-6-7-27-12-28(11-21(29)20(27)8-13)23(31)17-9-16(4-5-18(17)24)10-19-14(2)15(3)22(30)26-25-19/h4-5,9,13,20H,6-8,10-12H2,1-3H3,(H,26,30)/t13-,20-/m1/s1. The third-order valence-corrected chi connectivity index (χ3v) is 6.59. The van der Waals surface area contributed by atoms with Crippen LogP contribution in [0.1, 0.15) is 52.5 Å². The van der Waals surface area contributed by atoms with Crippen LogP contribution in [-0.2, 0) is 11.2 Å². The molecule has 2 atom stereocenters. The molecule has 0 aliphatic carbocycles. The van der Waals surface area contributed by atoms with E-state index in [4.69, 9.17) is 0 Å². The number of amides is 1. The highest BCUT2D eigenvalue weighted by molar-refractivity contribution is 5.98. The predicted octanol–water partition coefficient (Wildman–Crippen LogP) is 2.20. The summed E-state index contributed by atoms with van der Waals surface area (Å²) in [6.07, 6.45) is 2.16. The molecule has 31 heavy (non-hydrogen) atoms. The van der Waals surface area contributed by atoms with Crippen molar-refractivity contribution in [3.63, 3.8) is 0 Å². The van der Waals surface area contributed by atoms with Crippen LogP contribution in [0.15, 0.2) is 23.0 Å². The second-order valence-electron chi connectivity index (χ2n) is 8.81. The van der Waals surface area contributed by atoms with Crippen LogP contribution in [0.4, 0.5) is 4.39 Å². The first-order chi connectivity index (χ1) is 14.7. The van der Waals surface area contributed by atoms with Gasteiger partial charge in [0.1, 0.15) is 5.82 Å². The van der Waals surface area contributed by atoms with Crippen molar-refractivity contribution >= 4 is 11.7 Å². The molecule has 8 heteroatoms. The van der Waals surface area contributed by atoms with Gasteiger partial charge in [-0.3, -0.25) is 19.3 Å². The SMILES string of the molecule is Cc1c(Cc2ccc(F)c(C(=O)N3CC(=O)[C@H]4C[C@H](C)CCN4C3)c2)n[nH]c(=O)c1C. The molecule has 7 nitrogen and oxygen atoms in total. The lowest BCUT2D eigenvalue weighted by Crippen LogP contribution is -2.60. The predicted molar refractivity (Wildman–Crippen MR) is 113 cm³/mol. The van der Waals surface area contributed by atoms with Crippen molar-refractivity contribution in [1.29, 1.82) is 0 Å².